The molecule has 9 heteroatoms. The predicted octanol–water partition coefficient (Wildman–Crippen LogP) is 3.49. The zero-order chi connectivity index (χ0) is 27.1. The Kier molecular flexibility index (Phi) is 20.7. The van der Waals surface area contributed by atoms with Gasteiger partial charge in [-0.25, -0.2) is 4.79 Å². The summed E-state index contributed by atoms with van der Waals surface area (Å²) in [4.78, 5) is 46.0. The average Bonchev–Trinajstić information content (AvgIpc) is 2.84. The van der Waals surface area contributed by atoms with E-state index in [-0.39, 0.29) is 18.5 Å². The van der Waals surface area contributed by atoms with Gasteiger partial charge in [0.05, 0.1) is 47.3 Å². The Morgan fingerprint density at radius 1 is 0.833 bits per heavy atom. The molecule has 0 aliphatic carbocycles. The number of ether oxygens (including phenoxy) is 2. The number of hydrogen-bond acceptors (Lipinski definition) is 6. The van der Waals surface area contributed by atoms with Crippen molar-refractivity contribution in [3.8, 4) is 0 Å². The Morgan fingerprint density at radius 2 is 1.44 bits per heavy atom. The summed E-state index contributed by atoms with van der Waals surface area (Å²) in [5.41, 5.74) is 0. The highest BCUT2D eigenvalue weighted by molar-refractivity contribution is 5.84. The number of rotatable bonds is 24. The third-order valence-electron chi connectivity index (χ3n) is 6.34. The minimum atomic E-state index is -0.620. The van der Waals surface area contributed by atoms with E-state index in [0.717, 1.165) is 56.1 Å². The fourth-order valence-electron chi connectivity index (χ4n) is 4.14. The average molecular weight is 515 g/mol. The van der Waals surface area contributed by atoms with Crippen molar-refractivity contribution in [3.63, 3.8) is 0 Å². The van der Waals surface area contributed by atoms with E-state index in [0.29, 0.717) is 32.2 Å². The Balaban J connectivity index is 3.85. The van der Waals surface area contributed by atoms with E-state index in [1.807, 2.05) is 0 Å². The first-order valence-electron chi connectivity index (χ1n) is 13.8. The molecule has 0 saturated heterocycles. The van der Waals surface area contributed by atoms with Gasteiger partial charge in [0.15, 0.2) is 0 Å². The molecule has 1 atom stereocenters. The summed E-state index contributed by atoms with van der Waals surface area (Å²) in [5, 5.41) is 5.42. The molecular formula is C27H52N3O6+. The van der Waals surface area contributed by atoms with Gasteiger partial charge in [-0.1, -0.05) is 32.1 Å². The van der Waals surface area contributed by atoms with Gasteiger partial charge in [0, 0.05) is 19.4 Å². The van der Waals surface area contributed by atoms with Crippen molar-refractivity contribution in [2.45, 2.75) is 103 Å². The molecule has 0 aromatic rings. The van der Waals surface area contributed by atoms with Crippen molar-refractivity contribution in [1.82, 2.24) is 10.6 Å². The lowest BCUT2D eigenvalue weighted by Gasteiger charge is -2.29. The smallest absolute Gasteiger partial charge is 0.328 e. The number of carbonyl (C=O) groups is 4. The van der Waals surface area contributed by atoms with Crippen molar-refractivity contribution in [2.24, 2.45) is 0 Å². The first-order valence-corrected chi connectivity index (χ1v) is 13.8. The van der Waals surface area contributed by atoms with Crippen molar-refractivity contribution in [2.75, 3.05) is 47.4 Å². The zero-order valence-electron chi connectivity index (χ0n) is 23.3. The zero-order valence-corrected chi connectivity index (χ0v) is 23.3. The second-order valence-electron chi connectivity index (χ2n) is 10.1. The lowest BCUT2D eigenvalue weighted by molar-refractivity contribution is -0.890. The Morgan fingerprint density at radius 3 is 2.06 bits per heavy atom. The largest absolute Gasteiger partial charge is 0.469 e. The lowest BCUT2D eigenvalue weighted by Crippen LogP contribution is -2.41. The molecule has 2 amide bonds. The van der Waals surface area contributed by atoms with Crippen LogP contribution in [0.3, 0.4) is 0 Å². The molecule has 0 aromatic carbocycles. The highest BCUT2D eigenvalue weighted by Gasteiger charge is 2.21. The first kappa shape index (κ1) is 33.8. The van der Waals surface area contributed by atoms with Crippen LogP contribution in [0.15, 0.2) is 0 Å². The molecule has 9 nitrogen and oxygen atoms in total. The monoisotopic (exact) mass is 514 g/mol. The number of carbonyl (C=O) groups excluding carboxylic acids is 4. The minimum Gasteiger partial charge on any atom is -0.469 e. The van der Waals surface area contributed by atoms with E-state index in [1.165, 1.54) is 39.2 Å². The van der Waals surface area contributed by atoms with E-state index in [4.69, 9.17) is 9.47 Å². The first-order chi connectivity index (χ1) is 17.3. The number of nitrogens with one attached hydrogen (secondary N) is 2. The summed E-state index contributed by atoms with van der Waals surface area (Å²) in [6.07, 6.45) is 13.4. The number of amides is 2. The molecule has 0 spiro atoms. The maximum absolute atomic E-state index is 12.3. The normalized spacial score (nSPS) is 12.0. The third-order valence-corrected chi connectivity index (χ3v) is 6.34. The molecule has 0 fully saturated rings. The van der Waals surface area contributed by atoms with E-state index in [1.54, 1.807) is 6.92 Å². The quantitative estimate of drug-likeness (QED) is 0.0883. The molecule has 0 saturated carbocycles. The summed E-state index contributed by atoms with van der Waals surface area (Å²) in [6.45, 7) is 4.70. The predicted molar refractivity (Wildman–Crippen MR) is 141 cm³/mol. The second kappa shape index (κ2) is 22.1. The van der Waals surface area contributed by atoms with Crippen LogP contribution in [0.4, 0.5) is 0 Å². The summed E-state index contributed by atoms with van der Waals surface area (Å²) in [7, 11) is 5.87. The highest BCUT2D eigenvalue weighted by Crippen LogP contribution is 2.12. The van der Waals surface area contributed by atoms with E-state index >= 15 is 0 Å². The van der Waals surface area contributed by atoms with Gasteiger partial charge >= 0.3 is 11.9 Å². The molecule has 2 N–H and O–H groups in total. The molecule has 0 bridgehead atoms. The standard InChI is InChI=1S/C27H51N3O6/c1-5-36-27(34)24(17-13-14-20-28-23-31)29-25(32)18-12-10-8-6-7-9-11-15-21-30(2,3)22-16-19-26(33)35-4/h23-24H,5-22H2,1-4H3,(H-,28,29,31,32)/p+1. The van der Waals surface area contributed by atoms with Crippen LogP contribution < -0.4 is 10.6 Å². The molecule has 0 aliphatic heterocycles. The van der Waals surface area contributed by atoms with E-state index in [2.05, 4.69) is 24.7 Å². The van der Waals surface area contributed by atoms with Crippen LogP contribution in [0, 0.1) is 0 Å². The SMILES string of the molecule is CCOC(=O)C(CCCCNC=O)NC(=O)CCCCCCCCCC[N+](C)(C)CCCC(=O)OC. The fraction of sp³-hybridized carbons (Fsp3) is 0.852. The molecule has 0 aliphatic rings. The molecule has 0 heterocycles. The van der Waals surface area contributed by atoms with Crippen molar-refractivity contribution in [3.05, 3.63) is 0 Å². The van der Waals surface area contributed by atoms with E-state index < -0.39 is 12.0 Å². The molecule has 210 valence electrons. The summed E-state index contributed by atoms with van der Waals surface area (Å²) in [6, 6.07) is -0.620. The number of nitrogens with zero attached hydrogens (tertiary/aromatic N) is 1. The number of methoxy groups -OCH3 is 1. The van der Waals surface area contributed by atoms with Gasteiger partial charge in [-0.05, 0) is 45.4 Å². The van der Waals surface area contributed by atoms with Gasteiger partial charge in [-0.15, -0.1) is 0 Å². The number of esters is 2. The number of quaternary nitrogens is 1. The maximum Gasteiger partial charge on any atom is 0.328 e. The molecule has 0 rings (SSSR count). The minimum absolute atomic E-state index is 0.105. The number of hydrogen-bond donors (Lipinski definition) is 2. The molecule has 0 aromatic heterocycles. The molecule has 36 heavy (non-hydrogen) atoms. The molecular weight excluding hydrogens is 462 g/mol. The van der Waals surface area contributed by atoms with Crippen molar-refractivity contribution in [1.29, 1.82) is 0 Å². The van der Waals surface area contributed by atoms with Gasteiger partial charge in [0.1, 0.15) is 6.04 Å². The van der Waals surface area contributed by atoms with Gasteiger partial charge in [0.2, 0.25) is 12.3 Å². The summed E-state index contributed by atoms with van der Waals surface area (Å²) < 4.78 is 10.7. The number of unbranched alkanes of at least 4 members (excludes halogenated alkanes) is 8. The fourth-order valence-corrected chi connectivity index (χ4v) is 4.14. The Hall–Kier alpha value is -2.16. The third kappa shape index (κ3) is 20.1. The topological polar surface area (TPSA) is 111 Å². The lowest BCUT2D eigenvalue weighted by atomic mass is 10.1. The van der Waals surface area contributed by atoms with E-state index in [9.17, 15) is 19.2 Å². The van der Waals surface area contributed by atoms with Crippen molar-refractivity contribution < 1.29 is 33.1 Å². The van der Waals surface area contributed by atoms with Crippen LogP contribution in [0.25, 0.3) is 0 Å². The summed E-state index contributed by atoms with van der Waals surface area (Å²) >= 11 is 0. The second-order valence-corrected chi connectivity index (χ2v) is 10.1. The van der Waals surface area contributed by atoms with Crippen LogP contribution in [0.1, 0.15) is 96.8 Å². The maximum atomic E-state index is 12.3. The van der Waals surface area contributed by atoms with Crippen LogP contribution in [-0.4, -0.2) is 82.2 Å². The van der Waals surface area contributed by atoms with Gasteiger partial charge < -0.3 is 24.6 Å². The summed E-state index contributed by atoms with van der Waals surface area (Å²) in [5.74, 6) is -0.628. The Labute approximate surface area is 218 Å². The van der Waals surface area contributed by atoms with Crippen molar-refractivity contribution >= 4 is 24.3 Å². The van der Waals surface area contributed by atoms with Crippen LogP contribution >= 0.6 is 0 Å². The van der Waals surface area contributed by atoms with Crippen LogP contribution in [0.5, 0.6) is 0 Å². The Bertz CT molecular complexity index is 612. The van der Waals surface area contributed by atoms with Crippen LogP contribution in [0.2, 0.25) is 0 Å². The van der Waals surface area contributed by atoms with Gasteiger partial charge in [0.25, 0.3) is 0 Å². The van der Waals surface area contributed by atoms with Gasteiger partial charge in [-0.3, -0.25) is 14.4 Å². The molecule has 1 unspecified atom stereocenters. The van der Waals surface area contributed by atoms with Crippen LogP contribution in [-0.2, 0) is 28.7 Å². The highest BCUT2D eigenvalue weighted by atomic mass is 16.5. The van der Waals surface area contributed by atoms with Gasteiger partial charge in [-0.2, -0.15) is 0 Å². The molecule has 0 radical (unpaired) electrons.